The molecule has 0 N–H and O–H groups in total. The fourth-order valence-corrected chi connectivity index (χ4v) is 3.11. The zero-order chi connectivity index (χ0) is 18.5. The van der Waals surface area contributed by atoms with Crippen molar-refractivity contribution in [2.24, 2.45) is 0 Å². The maximum absolute atomic E-state index is 11.9. The number of ether oxygens (including phenoxy) is 1. The molecule has 0 bridgehead atoms. The van der Waals surface area contributed by atoms with Crippen molar-refractivity contribution in [3.63, 3.8) is 0 Å². The number of amides is 1. The van der Waals surface area contributed by atoms with Gasteiger partial charge in [0.15, 0.2) is 6.61 Å². The van der Waals surface area contributed by atoms with E-state index in [2.05, 4.69) is 5.10 Å². The van der Waals surface area contributed by atoms with E-state index >= 15 is 0 Å². The summed E-state index contributed by atoms with van der Waals surface area (Å²) in [6, 6.07) is 9.82. The molecule has 0 radical (unpaired) electrons. The lowest BCUT2D eigenvalue weighted by Gasteiger charge is -2.14. The highest BCUT2D eigenvalue weighted by atomic mass is 16.5. The van der Waals surface area contributed by atoms with E-state index in [9.17, 15) is 9.59 Å². The highest BCUT2D eigenvalue weighted by Gasteiger charge is 2.18. The van der Waals surface area contributed by atoms with Gasteiger partial charge in [-0.25, -0.2) is 9.48 Å². The van der Waals surface area contributed by atoms with Crippen LogP contribution in [0.3, 0.4) is 0 Å². The Bertz CT molecular complexity index is 818. The normalized spacial score (nSPS) is 14.2. The Hall–Kier alpha value is -2.89. The molecule has 6 nitrogen and oxygen atoms in total. The van der Waals surface area contributed by atoms with Gasteiger partial charge in [0.25, 0.3) is 5.91 Å². The van der Waals surface area contributed by atoms with E-state index in [4.69, 9.17) is 4.74 Å². The lowest BCUT2D eigenvalue weighted by Crippen LogP contribution is -2.31. The molecule has 0 aliphatic carbocycles. The summed E-state index contributed by atoms with van der Waals surface area (Å²) in [5.74, 6) is -0.655. The summed E-state index contributed by atoms with van der Waals surface area (Å²) in [6.45, 7) is 5.15. The van der Waals surface area contributed by atoms with E-state index in [0.717, 1.165) is 48.6 Å². The number of nitrogens with zero attached hydrogens (tertiary/aromatic N) is 3. The molecule has 1 aliphatic rings. The number of likely N-dealkylation sites (tertiary alicyclic amines) is 1. The molecule has 0 unspecified atom stereocenters. The van der Waals surface area contributed by atoms with Crippen molar-refractivity contribution >= 4 is 18.0 Å². The summed E-state index contributed by atoms with van der Waals surface area (Å²) >= 11 is 0. The first-order valence-corrected chi connectivity index (χ1v) is 8.80. The Labute approximate surface area is 153 Å². The molecule has 136 valence electrons. The summed E-state index contributed by atoms with van der Waals surface area (Å²) in [5.41, 5.74) is 3.60. The SMILES string of the molecule is Cc1nn(-c2ccccc2)c(C)c1/C=C/C(=O)OCC(=O)N1CCCC1. The fraction of sp³-hybridized carbons (Fsp3) is 0.350. The lowest BCUT2D eigenvalue weighted by molar-refractivity contribution is -0.147. The minimum Gasteiger partial charge on any atom is -0.452 e. The van der Waals surface area contributed by atoms with Gasteiger partial charge in [-0.15, -0.1) is 0 Å². The Balaban J connectivity index is 1.64. The summed E-state index contributed by atoms with van der Waals surface area (Å²) < 4.78 is 6.91. The molecule has 1 fully saturated rings. The summed E-state index contributed by atoms with van der Waals surface area (Å²) in [4.78, 5) is 25.6. The first-order chi connectivity index (χ1) is 12.6. The van der Waals surface area contributed by atoms with Crippen LogP contribution in [0.2, 0.25) is 0 Å². The molecular weight excluding hydrogens is 330 g/mol. The zero-order valence-electron chi connectivity index (χ0n) is 15.1. The van der Waals surface area contributed by atoms with Crippen LogP contribution in [0, 0.1) is 13.8 Å². The van der Waals surface area contributed by atoms with Gasteiger partial charge in [0, 0.05) is 30.4 Å². The van der Waals surface area contributed by atoms with E-state index in [1.165, 1.54) is 6.08 Å². The molecule has 2 heterocycles. The summed E-state index contributed by atoms with van der Waals surface area (Å²) in [5, 5.41) is 4.54. The van der Waals surface area contributed by atoms with Crippen LogP contribution in [0.25, 0.3) is 11.8 Å². The van der Waals surface area contributed by atoms with Gasteiger partial charge in [-0.05, 0) is 44.9 Å². The number of carbonyl (C=O) groups is 2. The third kappa shape index (κ3) is 4.02. The van der Waals surface area contributed by atoms with Crippen LogP contribution in [0.5, 0.6) is 0 Å². The molecule has 1 aromatic carbocycles. The van der Waals surface area contributed by atoms with Crippen molar-refractivity contribution in [3.8, 4) is 5.69 Å². The van der Waals surface area contributed by atoms with Crippen LogP contribution < -0.4 is 0 Å². The van der Waals surface area contributed by atoms with Crippen LogP contribution in [0.4, 0.5) is 0 Å². The molecule has 2 aromatic rings. The summed E-state index contributed by atoms with van der Waals surface area (Å²) in [6.07, 6.45) is 5.08. The predicted octanol–water partition coefficient (Wildman–Crippen LogP) is 2.67. The van der Waals surface area contributed by atoms with Gasteiger partial charge < -0.3 is 9.64 Å². The minimum atomic E-state index is -0.524. The van der Waals surface area contributed by atoms with Crippen LogP contribution in [-0.4, -0.2) is 46.3 Å². The van der Waals surface area contributed by atoms with E-state index in [1.807, 2.05) is 48.9 Å². The van der Waals surface area contributed by atoms with Gasteiger partial charge in [0.1, 0.15) is 0 Å². The number of benzene rings is 1. The van der Waals surface area contributed by atoms with E-state index in [0.29, 0.717) is 0 Å². The largest absolute Gasteiger partial charge is 0.452 e. The Kier molecular flexibility index (Phi) is 5.51. The van der Waals surface area contributed by atoms with Crippen molar-refractivity contribution in [2.45, 2.75) is 26.7 Å². The van der Waals surface area contributed by atoms with Crippen molar-refractivity contribution in [1.29, 1.82) is 0 Å². The quantitative estimate of drug-likeness (QED) is 0.612. The minimum absolute atomic E-state index is 0.131. The lowest BCUT2D eigenvalue weighted by atomic mass is 10.2. The highest BCUT2D eigenvalue weighted by molar-refractivity contribution is 5.89. The monoisotopic (exact) mass is 353 g/mol. The molecule has 3 rings (SSSR count). The van der Waals surface area contributed by atoms with Crippen molar-refractivity contribution in [2.75, 3.05) is 19.7 Å². The average Bonchev–Trinajstić information content (AvgIpc) is 3.28. The van der Waals surface area contributed by atoms with Gasteiger partial charge in [-0.2, -0.15) is 5.10 Å². The van der Waals surface area contributed by atoms with Crippen LogP contribution in [0.1, 0.15) is 29.8 Å². The second-order valence-electron chi connectivity index (χ2n) is 6.36. The molecule has 26 heavy (non-hydrogen) atoms. The Morgan fingerprint density at radius 3 is 2.54 bits per heavy atom. The number of carbonyl (C=O) groups excluding carboxylic acids is 2. The zero-order valence-corrected chi connectivity index (χ0v) is 15.1. The number of aromatic nitrogens is 2. The van der Waals surface area contributed by atoms with Crippen LogP contribution >= 0.6 is 0 Å². The second-order valence-corrected chi connectivity index (χ2v) is 6.36. The van der Waals surface area contributed by atoms with Gasteiger partial charge in [0.2, 0.25) is 0 Å². The van der Waals surface area contributed by atoms with Crippen molar-refractivity contribution in [1.82, 2.24) is 14.7 Å². The Morgan fingerprint density at radius 2 is 1.85 bits per heavy atom. The maximum atomic E-state index is 11.9. The summed E-state index contributed by atoms with van der Waals surface area (Å²) in [7, 11) is 0. The van der Waals surface area contributed by atoms with Gasteiger partial charge >= 0.3 is 5.97 Å². The molecular formula is C20H23N3O3. The first-order valence-electron chi connectivity index (χ1n) is 8.80. The van der Waals surface area contributed by atoms with E-state index in [1.54, 1.807) is 11.0 Å². The standard InChI is InChI=1S/C20H23N3O3/c1-15-18(16(2)23(21-15)17-8-4-3-5-9-17)10-11-20(25)26-14-19(24)22-12-6-7-13-22/h3-5,8-11H,6-7,12-14H2,1-2H3/b11-10+. The van der Waals surface area contributed by atoms with Crippen LogP contribution in [-0.2, 0) is 14.3 Å². The highest BCUT2D eigenvalue weighted by Crippen LogP contribution is 2.19. The van der Waals surface area contributed by atoms with E-state index in [-0.39, 0.29) is 12.5 Å². The second kappa shape index (κ2) is 7.99. The first kappa shape index (κ1) is 17.9. The number of aryl methyl sites for hydroxylation is 1. The van der Waals surface area contributed by atoms with E-state index < -0.39 is 5.97 Å². The average molecular weight is 353 g/mol. The number of esters is 1. The molecule has 6 heteroatoms. The van der Waals surface area contributed by atoms with Crippen molar-refractivity contribution in [3.05, 3.63) is 53.4 Å². The number of rotatable bonds is 5. The molecule has 1 amide bonds. The molecule has 0 spiro atoms. The molecule has 1 aromatic heterocycles. The molecule has 1 saturated heterocycles. The third-order valence-electron chi connectivity index (χ3n) is 4.53. The maximum Gasteiger partial charge on any atom is 0.331 e. The fourth-order valence-electron chi connectivity index (χ4n) is 3.11. The molecule has 1 aliphatic heterocycles. The number of hydrogen-bond acceptors (Lipinski definition) is 4. The van der Waals surface area contributed by atoms with Gasteiger partial charge in [0.05, 0.1) is 11.4 Å². The smallest absolute Gasteiger partial charge is 0.331 e. The number of para-hydroxylation sites is 1. The third-order valence-corrected chi connectivity index (χ3v) is 4.53. The number of hydrogen-bond donors (Lipinski definition) is 0. The predicted molar refractivity (Wildman–Crippen MR) is 98.8 cm³/mol. The van der Waals surface area contributed by atoms with Crippen molar-refractivity contribution < 1.29 is 14.3 Å². The topological polar surface area (TPSA) is 64.4 Å². The molecule has 0 saturated carbocycles. The van der Waals surface area contributed by atoms with Crippen LogP contribution in [0.15, 0.2) is 36.4 Å². The Morgan fingerprint density at radius 1 is 1.15 bits per heavy atom. The molecule has 0 atom stereocenters. The van der Waals surface area contributed by atoms with Gasteiger partial charge in [-0.3, -0.25) is 4.79 Å². The van der Waals surface area contributed by atoms with Gasteiger partial charge in [-0.1, -0.05) is 18.2 Å².